The van der Waals surface area contributed by atoms with Crippen LogP contribution >= 0.6 is 0 Å². The van der Waals surface area contributed by atoms with Crippen molar-refractivity contribution in [1.29, 1.82) is 0 Å². The molecule has 4 nitrogen and oxygen atoms in total. The zero-order chi connectivity index (χ0) is 15.3. The molecule has 0 amide bonds. The van der Waals surface area contributed by atoms with Gasteiger partial charge in [-0.15, -0.1) is 0 Å². The summed E-state index contributed by atoms with van der Waals surface area (Å²) in [5.74, 6) is 0.0739. The normalized spacial score (nSPS) is 12.9. The average molecular weight is 331 g/mol. The Morgan fingerprint density at radius 3 is 1.95 bits per heavy atom. The molecule has 21 heavy (non-hydrogen) atoms. The van der Waals surface area contributed by atoms with Crippen molar-refractivity contribution in [2.24, 2.45) is 0 Å². The van der Waals surface area contributed by atoms with E-state index in [1.807, 2.05) is 13.8 Å². The Kier molecular flexibility index (Phi) is 18.1. The Bertz CT molecular complexity index is 310. The molecule has 0 heterocycles. The molecule has 1 N–H and O–H groups in total. The molecule has 0 aliphatic carbocycles. The van der Waals surface area contributed by atoms with E-state index < -0.39 is 10.1 Å². The number of hydrogen-bond acceptors (Lipinski definition) is 4. The summed E-state index contributed by atoms with van der Waals surface area (Å²) < 4.78 is 27.5. The molecule has 0 rings (SSSR count). The summed E-state index contributed by atoms with van der Waals surface area (Å²) in [6.45, 7) is 6.02. The molecule has 1 atom stereocenters. The van der Waals surface area contributed by atoms with Crippen molar-refractivity contribution in [3.05, 3.63) is 0 Å². The molecule has 0 aliphatic rings. The third-order valence-electron chi connectivity index (χ3n) is 3.32. The Morgan fingerprint density at radius 1 is 0.905 bits per heavy atom. The molecule has 0 radical (unpaired) electrons. The average Bonchev–Trinajstić information content (AvgIpc) is 2.39. The van der Waals surface area contributed by atoms with Gasteiger partial charge in [-0.05, 0) is 19.8 Å². The van der Waals surface area contributed by atoms with Gasteiger partial charge in [-0.2, -0.15) is 18.2 Å². The second kappa shape index (κ2) is 15.8. The van der Waals surface area contributed by atoms with Gasteiger partial charge in [0.1, 0.15) is 0 Å². The van der Waals surface area contributed by atoms with Crippen molar-refractivity contribution in [3.8, 4) is 0 Å². The van der Waals surface area contributed by atoms with E-state index in [9.17, 15) is 8.42 Å². The van der Waals surface area contributed by atoms with Crippen LogP contribution in [0.15, 0.2) is 0 Å². The van der Waals surface area contributed by atoms with Gasteiger partial charge in [0, 0.05) is 6.04 Å². The third kappa shape index (κ3) is 17.1. The fourth-order valence-electron chi connectivity index (χ4n) is 2.09. The van der Waals surface area contributed by atoms with E-state index in [1.54, 1.807) is 0 Å². The number of unbranched alkanes of at least 4 members (excludes halogenated alkanes) is 7. The van der Waals surface area contributed by atoms with Crippen LogP contribution in [-0.4, -0.2) is 49.8 Å². The summed E-state index contributed by atoms with van der Waals surface area (Å²) in [6, 6.07) is 0.0849. The van der Waals surface area contributed by atoms with Crippen LogP contribution in [0.5, 0.6) is 0 Å². The van der Waals surface area contributed by atoms with Crippen molar-refractivity contribution >= 4 is 39.7 Å². The van der Waals surface area contributed by atoms with Crippen molar-refractivity contribution < 1.29 is 12.7 Å². The molecule has 0 aromatic rings. The van der Waals surface area contributed by atoms with E-state index in [4.69, 9.17) is 4.28 Å². The minimum absolute atomic E-state index is 0. The van der Waals surface area contributed by atoms with Crippen molar-refractivity contribution in [2.45, 2.75) is 91.0 Å². The number of hydrogen-bond donors (Lipinski definition) is 1. The van der Waals surface area contributed by atoms with E-state index in [0.29, 0.717) is 6.42 Å². The first-order chi connectivity index (χ1) is 9.52. The van der Waals surface area contributed by atoms with Crippen molar-refractivity contribution in [2.75, 3.05) is 5.75 Å². The summed E-state index contributed by atoms with van der Waals surface area (Å²) in [5, 5.41) is 0. The maximum atomic E-state index is 11.4. The first kappa shape index (κ1) is 24.1. The second-order valence-electron chi connectivity index (χ2n) is 5.63. The third-order valence-corrected chi connectivity index (χ3v) is 4.58. The number of rotatable bonds is 14. The van der Waals surface area contributed by atoms with Gasteiger partial charge >= 0.3 is 29.6 Å². The van der Waals surface area contributed by atoms with Crippen LogP contribution in [0.3, 0.4) is 0 Å². The number of nitrogens with one attached hydrogen (secondary N) is 1. The van der Waals surface area contributed by atoms with E-state index in [0.717, 1.165) is 12.8 Å². The van der Waals surface area contributed by atoms with Gasteiger partial charge in [-0.25, -0.2) is 0 Å². The van der Waals surface area contributed by atoms with Gasteiger partial charge in [0.25, 0.3) is 10.1 Å². The molecule has 0 spiro atoms. The fraction of sp³-hybridized carbons (Fsp3) is 1.00. The van der Waals surface area contributed by atoms with Crippen LogP contribution in [0.25, 0.3) is 0 Å². The monoisotopic (exact) mass is 331 g/mol. The molecule has 0 bridgehead atoms. The molecule has 0 fully saturated rings. The van der Waals surface area contributed by atoms with Crippen LogP contribution in [0.1, 0.15) is 85.0 Å². The fourth-order valence-corrected chi connectivity index (χ4v) is 2.98. The molecule has 0 aliphatic heterocycles. The van der Waals surface area contributed by atoms with Gasteiger partial charge in [0.2, 0.25) is 0 Å². The topological polar surface area (TPSA) is 55.4 Å². The summed E-state index contributed by atoms with van der Waals surface area (Å²) in [5.41, 5.74) is 2.64. The first-order valence-electron chi connectivity index (χ1n) is 8.18. The maximum absolute atomic E-state index is 11.4. The van der Waals surface area contributed by atoms with Gasteiger partial charge < -0.3 is 0 Å². The molecule has 124 valence electrons. The quantitative estimate of drug-likeness (QED) is 0.301. The Balaban J connectivity index is 0. The summed E-state index contributed by atoms with van der Waals surface area (Å²) >= 11 is 0. The van der Waals surface area contributed by atoms with Crippen LogP contribution in [0.4, 0.5) is 0 Å². The van der Waals surface area contributed by atoms with Crippen LogP contribution in [0.2, 0.25) is 0 Å². The van der Waals surface area contributed by atoms with Crippen LogP contribution < -0.4 is 5.48 Å². The van der Waals surface area contributed by atoms with Gasteiger partial charge in [0.05, 0.1) is 5.75 Å². The Morgan fingerprint density at radius 2 is 1.43 bits per heavy atom. The predicted octanol–water partition coefficient (Wildman–Crippen LogP) is 3.52. The van der Waals surface area contributed by atoms with Crippen LogP contribution in [-0.2, 0) is 14.4 Å². The summed E-state index contributed by atoms with van der Waals surface area (Å²) in [6.07, 6.45) is 11.8. The minimum atomic E-state index is -3.39. The molecular formula is C15H34NNaO3S. The second-order valence-corrected chi connectivity index (χ2v) is 7.32. The zero-order valence-corrected chi connectivity index (χ0v) is 14.3. The Hall–Kier alpha value is 0.870. The Labute approximate surface area is 154 Å². The van der Waals surface area contributed by atoms with E-state index >= 15 is 0 Å². The standard InChI is InChI=1S/C15H33NO3S.Na.H/c1-4-6-7-8-9-10-11-12-13-15(3)16-19-20(17,18)14-5-2;;/h15-16H,4-14H2,1-3H3;;. The molecule has 0 aromatic heterocycles. The molecule has 6 heteroatoms. The molecule has 0 aromatic carbocycles. The number of hydroxylamine groups is 1. The van der Waals surface area contributed by atoms with Crippen molar-refractivity contribution in [3.63, 3.8) is 0 Å². The van der Waals surface area contributed by atoms with Gasteiger partial charge in [-0.3, -0.25) is 0 Å². The SMILES string of the molecule is CCCCCCCCCCC(C)NOS(=O)(=O)CCC.[NaH]. The predicted molar refractivity (Wildman–Crippen MR) is 92.1 cm³/mol. The molecule has 1 unspecified atom stereocenters. The zero-order valence-electron chi connectivity index (χ0n) is 13.5. The van der Waals surface area contributed by atoms with E-state index in [-0.39, 0.29) is 41.4 Å². The first-order valence-corrected chi connectivity index (χ1v) is 9.76. The van der Waals surface area contributed by atoms with Crippen molar-refractivity contribution in [1.82, 2.24) is 5.48 Å². The van der Waals surface area contributed by atoms with Crippen LogP contribution in [0, 0.1) is 0 Å². The summed E-state index contributed by atoms with van der Waals surface area (Å²) in [7, 11) is -3.39. The molecule has 0 saturated heterocycles. The van der Waals surface area contributed by atoms with E-state index in [2.05, 4.69) is 12.4 Å². The summed E-state index contributed by atoms with van der Waals surface area (Å²) in [4.78, 5) is 0. The molecule has 0 saturated carbocycles. The van der Waals surface area contributed by atoms with E-state index in [1.165, 1.54) is 44.9 Å². The van der Waals surface area contributed by atoms with Gasteiger partial charge in [0.15, 0.2) is 0 Å². The molecular weight excluding hydrogens is 297 g/mol. The van der Waals surface area contributed by atoms with Gasteiger partial charge in [-0.1, -0.05) is 65.2 Å².